The molecule has 3 heterocycles. The predicted octanol–water partition coefficient (Wildman–Crippen LogP) is 1.80. The van der Waals surface area contributed by atoms with Crippen molar-refractivity contribution < 1.29 is 0 Å². The summed E-state index contributed by atoms with van der Waals surface area (Å²) in [6.45, 7) is 0. The average molecular weight is 382 g/mol. The molecule has 3 aromatic rings. The Balaban J connectivity index is 2.08. The SMILES string of the molecule is N#Cc1c(N)nc(SCc2cc(=O)[nH]c(=O)[nH]2)c(C#N)c1-c1cccs1. The zero-order chi connectivity index (χ0) is 18.7. The number of H-pyrrole nitrogens is 2. The number of nitrogens with zero attached hydrogens (tertiary/aromatic N) is 3. The van der Waals surface area contributed by atoms with Gasteiger partial charge in [0.1, 0.15) is 28.5 Å². The summed E-state index contributed by atoms with van der Waals surface area (Å²) in [5.41, 5.74) is 6.00. The van der Waals surface area contributed by atoms with Crippen molar-refractivity contribution in [3.05, 3.63) is 61.2 Å². The minimum absolute atomic E-state index is 0.0248. The van der Waals surface area contributed by atoms with Crippen LogP contribution in [0.25, 0.3) is 10.4 Å². The summed E-state index contributed by atoms with van der Waals surface area (Å²) in [6, 6.07) is 8.96. The van der Waals surface area contributed by atoms with E-state index in [2.05, 4.69) is 21.0 Å². The highest BCUT2D eigenvalue weighted by molar-refractivity contribution is 7.98. The van der Waals surface area contributed by atoms with E-state index in [0.29, 0.717) is 16.3 Å². The van der Waals surface area contributed by atoms with Crippen molar-refractivity contribution in [2.75, 3.05) is 5.73 Å². The summed E-state index contributed by atoms with van der Waals surface area (Å²) in [6.07, 6.45) is 0. The van der Waals surface area contributed by atoms with Crippen molar-refractivity contribution in [3.63, 3.8) is 0 Å². The molecule has 26 heavy (non-hydrogen) atoms. The van der Waals surface area contributed by atoms with E-state index in [1.54, 1.807) is 6.07 Å². The van der Waals surface area contributed by atoms with E-state index >= 15 is 0 Å². The molecule has 0 bridgehead atoms. The van der Waals surface area contributed by atoms with E-state index in [1.165, 1.54) is 17.4 Å². The van der Waals surface area contributed by atoms with Crippen LogP contribution in [0.2, 0.25) is 0 Å². The first-order chi connectivity index (χ1) is 12.5. The first-order valence-corrected chi connectivity index (χ1v) is 9.03. The van der Waals surface area contributed by atoms with Crippen LogP contribution in [0.5, 0.6) is 0 Å². The third-order valence-electron chi connectivity index (χ3n) is 3.36. The van der Waals surface area contributed by atoms with Gasteiger partial charge in [-0.25, -0.2) is 9.78 Å². The highest BCUT2D eigenvalue weighted by atomic mass is 32.2. The molecule has 0 aliphatic carbocycles. The number of nitrogen functional groups attached to an aromatic ring is 1. The highest BCUT2D eigenvalue weighted by Gasteiger charge is 2.21. The van der Waals surface area contributed by atoms with Crippen molar-refractivity contribution in [2.24, 2.45) is 0 Å². The minimum Gasteiger partial charge on any atom is -0.383 e. The van der Waals surface area contributed by atoms with Gasteiger partial charge in [-0.15, -0.1) is 11.3 Å². The lowest BCUT2D eigenvalue weighted by atomic mass is 10.0. The average Bonchev–Trinajstić information content (AvgIpc) is 3.12. The van der Waals surface area contributed by atoms with Gasteiger partial charge in [0.25, 0.3) is 5.56 Å². The molecule has 3 rings (SSSR count). The van der Waals surface area contributed by atoms with Crippen LogP contribution >= 0.6 is 23.1 Å². The Morgan fingerprint density at radius 2 is 2.00 bits per heavy atom. The Kier molecular flexibility index (Phi) is 4.89. The Labute approximate surface area is 155 Å². The summed E-state index contributed by atoms with van der Waals surface area (Å²) in [4.78, 5) is 32.2. The monoisotopic (exact) mass is 382 g/mol. The molecular formula is C16H10N6O2S2. The quantitative estimate of drug-likeness (QED) is 0.582. The molecular weight excluding hydrogens is 372 g/mol. The van der Waals surface area contributed by atoms with Crippen LogP contribution in [0.4, 0.5) is 5.82 Å². The van der Waals surface area contributed by atoms with Gasteiger partial charge in [-0.05, 0) is 11.4 Å². The van der Waals surface area contributed by atoms with Crippen LogP contribution in [0.15, 0.2) is 38.2 Å². The summed E-state index contributed by atoms with van der Waals surface area (Å²) in [5, 5.41) is 21.2. The molecule has 0 unspecified atom stereocenters. The number of nitriles is 2. The number of nitrogens with two attached hydrogens (primary N) is 1. The van der Waals surface area contributed by atoms with Crippen molar-refractivity contribution in [3.8, 4) is 22.6 Å². The molecule has 10 heteroatoms. The van der Waals surface area contributed by atoms with Crippen molar-refractivity contribution >= 4 is 28.9 Å². The zero-order valence-electron chi connectivity index (χ0n) is 13.1. The smallest absolute Gasteiger partial charge is 0.325 e. The fourth-order valence-electron chi connectivity index (χ4n) is 2.31. The molecule has 0 amide bonds. The molecule has 0 radical (unpaired) electrons. The minimum atomic E-state index is -0.611. The summed E-state index contributed by atoms with van der Waals surface area (Å²) >= 11 is 2.53. The molecule has 3 aromatic heterocycles. The number of pyridine rings is 1. The van der Waals surface area contributed by atoms with E-state index in [-0.39, 0.29) is 22.7 Å². The Hall–Kier alpha value is -3.34. The molecule has 128 valence electrons. The number of aromatic amines is 2. The van der Waals surface area contributed by atoms with Crippen LogP contribution in [-0.2, 0) is 5.75 Å². The molecule has 8 nitrogen and oxygen atoms in total. The predicted molar refractivity (Wildman–Crippen MR) is 98.6 cm³/mol. The van der Waals surface area contributed by atoms with Crippen LogP contribution < -0.4 is 17.0 Å². The maximum Gasteiger partial charge on any atom is 0.325 e. The molecule has 0 atom stereocenters. The van der Waals surface area contributed by atoms with Gasteiger partial charge in [-0.3, -0.25) is 9.78 Å². The van der Waals surface area contributed by atoms with Gasteiger partial charge < -0.3 is 10.7 Å². The van der Waals surface area contributed by atoms with Gasteiger partial charge in [-0.1, -0.05) is 17.8 Å². The number of hydrogen-bond acceptors (Lipinski definition) is 8. The number of thiophene rings is 1. The molecule has 0 aromatic carbocycles. The normalized spacial score (nSPS) is 10.2. The van der Waals surface area contributed by atoms with Crippen molar-refractivity contribution in [2.45, 2.75) is 10.8 Å². The molecule has 0 fully saturated rings. The van der Waals surface area contributed by atoms with E-state index in [9.17, 15) is 20.1 Å². The number of nitrogens with one attached hydrogen (secondary N) is 2. The molecule has 0 aliphatic heterocycles. The van der Waals surface area contributed by atoms with Crippen LogP contribution in [0.1, 0.15) is 16.8 Å². The molecule has 4 N–H and O–H groups in total. The molecule has 0 aliphatic rings. The first kappa shape index (κ1) is 17.5. The van der Waals surface area contributed by atoms with Crippen LogP contribution in [0, 0.1) is 22.7 Å². The van der Waals surface area contributed by atoms with Gasteiger partial charge >= 0.3 is 5.69 Å². The maximum absolute atomic E-state index is 11.4. The Morgan fingerprint density at radius 1 is 1.23 bits per heavy atom. The zero-order valence-corrected chi connectivity index (χ0v) is 14.7. The maximum atomic E-state index is 11.4. The van der Waals surface area contributed by atoms with Gasteiger partial charge in [0, 0.05) is 28.0 Å². The standard InChI is InChI=1S/C16H10N6O2S2/c17-5-9-13(11-2-1-3-25-11)10(6-18)15(22-14(9)19)26-7-8-4-12(23)21-16(24)20-8/h1-4H,7H2,(H2,19,22)(H2,20,21,23,24). The fourth-order valence-corrected chi connectivity index (χ4v) is 4.00. The number of hydrogen-bond donors (Lipinski definition) is 3. The van der Waals surface area contributed by atoms with Gasteiger partial charge in [0.2, 0.25) is 0 Å². The first-order valence-electron chi connectivity index (χ1n) is 7.16. The lowest BCUT2D eigenvalue weighted by Gasteiger charge is -2.11. The number of aromatic nitrogens is 3. The van der Waals surface area contributed by atoms with Crippen molar-refractivity contribution in [1.82, 2.24) is 15.0 Å². The summed E-state index contributed by atoms with van der Waals surface area (Å²) in [5.74, 6) is 0.229. The second kappa shape index (κ2) is 7.27. The summed E-state index contributed by atoms with van der Waals surface area (Å²) < 4.78 is 0. The van der Waals surface area contributed by atoms with E-state index in [4.69, 9.17) is 5.73 Å². The lowest BCUT2D eigenvalue weighted by molar-refractivity contribution is 0.984. The summed E-state index contributed by atoms with van der Waals surface area (Å²) in [7, 11) is 0. The molecule has 0 saturated heterocycles. The lowest BCUT2D eigenvalue weighted by Crippen LogP contribution is -2.22. The van der Waals surface area contributed by atoms with Gasteiger partial charge in [0.05, 0.1) is 5.56 Å². The third-order valence-corrected chi connectivity index (χ3v) is 5.28. The fraction of sp³-hybridized carbons (Fsp3) is 0.0625. The molecule has 0 saturated carbocycles. The topological polar surface area (TPSA) is 152 Å². The number of rotatable bonds is 4. The van der Waals surface area contributed by atoms with Gasteiger partial charge in [0.15, 0.2) is 0 Å². The second-order valence-corrected chi connectivity index (χ2v) is 6.94. The van der Waals surface area contributed by atoms with E-state index in [0.717, 1.165) is 16.6 Å². The number of anilines is 1. The Bertz CT molecular complexity index is 1140. The molecule has 0 spiro atoms. The number of thioether (sulfide) groups is 1. The van der Waals surface area contributed by atoms with Gasteiger partial charge in [-0.2, -0.15) is 10.5 Å². The van der Waals surface area contributed by atoms with E-state index in [1.807, 2.05) is 17.5 Å². The largest absolute Gasteiger partial charge is 0.383 e. The second-order valence-electron chi connectivity index (χ2n) is 5.03. The Morgan fingerprint density at radius 3 is 2.62 bits per heavy atom. The third kappa shape index (κ3) is 3.37. The van der Waals surface area contributed by atoms with Crippen LogP contribution in [0.3, 0.4) is 0 Å². The van der Waals surface area contributed by atoms with Crippen LogP contribution in [-0.4, -0.2) is 15.0 Å². The van der Waals surface area contributed by atoms with E-state index < -0.39 is 11.2 Å². The highest BCUT2D eigenvalue weighted by Crippen LogP contribution is 2.38. The van der Waals surface area contributed by atoms with Crippen molar-refractivity contribution in [1.29, 1.82) is 10.5 Å².